The minimum atomic E-state index is -0.314. The molecule has 1 heterocycles. The Labute approximate surface area is 146 Å². The smallest absolute Gasteiger partial charge is 0.292 e. The number of aliphatic imine (C=N–C) groups is 1. The maximum Gasteiger partial charge on any atom is 0.292 e. The van der Waals surface area contributed by atoms with Crippen molar-refractivity contribution in [2.45, 2.75) is 26.5 Å². The van der Waals surface area contributed by atoms with Crippen LogP contribution in [0.4, 0.5) is 0 Å². The average molecular weight is 340 g/mol. The first-order chi connectivity index (χ1) is 12.1. The van der Waals surface area contributed by atoms with E-state index < -0.39 is 0 Å². The van der Waals surface area contributed by atoms with Crippen LogP contribution in [-0.2, 0) is 11.3 Å². The van der Waals surface area contributed by atoms with Crippen LogP contribution in [0.2, 0.25) is 0 Å². The van der Waals surface area contributed by atoms with Gasteiger partial charge in [0.05, 0.1) is 12.6 Å². The number of amidine groups is 1. The van der Waals surface area contributed by atoms with E-state index in [1.165, 1.54) is 0 Å². The molecular weight excluding hydrogens is 320 g/mol. The van der Waals surface area contributed by atoms with Gasteiger partial charge in [0.15, 0.2) is 11.5 Å². The van der Waals surface area contributed by atoms with Crippen LogP contribution in [0.5, 0.6) is 11.5 Å². The van der Waals surface area contributed by atoms with Crippen molar-refractivity contribution in [3.63, 3.8) is 0 Å². The lowest BCUT2D eigenvalue weighted by Crippen LogP contribution is -2.34. The third-order valence-electron chi connectivity index (χ3n) is 3.45. The van der Waals surface area contributed by atoms with Gasteiger partial charge in [-0.25, -0.2) is 4.99 Å². The van der Waals surface area contributed by atoms with Crippen LogP contribution in [0.15, 0.2) is 53.5 Å². The summed E-state index contributed by atoms with van der Waals surface area (Å²) in [6.45, 7) is 4.35. The molecule has 0 spiro atoms. The van der Waals surface area contributed by atoms with Crippen molar-refractivity contribution < 1.29 is 19.0 Å². The molecule has 0 aliphatic carbocycles. The summed E-state index contributed by atoms with van der Waals surface area (Å²) in [5.41, 5.74) is 1.48. The van der Waals surface area contributed by atoms with Crippen LogP contribution in [-0.4, -0.2) is 24.8 Å². The van der Waals surface area contributed by atoms with Gasteiger partial charge in [-0.15, -0.1) is 0 Å². The maximum atomic E-state index is 12.5. The Bertz CT molecular complexity index is 772. The summed E-state index contributed by atoms with van der Waals surface area (Å²) in [6.07, 6.45) is -0.105. The summed E-state index contributed by atoms with van der Waals surface area (Å²) in [4.78, 5) is 16.9. The van der Waals surface area contributed by atoms with Gasteiger partial charge < -0.3 is 14.2 Å². The molecule has 25 heavy (non-hydrogen) atoms. The van der Waals surface area contributed by atoms with Crippen molar-refractivity contribution in [2.75, 3.05) is 6.79 Å². The standard InChI is InChI=1S/C19H20N2O4/c1-13(2)25-19(20-11-14-6-4-3-5-7-14)21-18(22)15-8-9-16-17(10-15)24-12-23-16/h3-10,13H,11-12H2,1-2H3,(H,20,21,22). The van der Waals surface area contributed by atoms with E-state index in [0.717, 1.165) is 5.56 Å². The first-order valence-corrected chi connectivity index (χ1v) is 8.08. The zero-order valence-electron chi connectivity index (χ0n) is 14.2. The molecule has 0 radical (unpaired) electrons. The van der Waals surface area contributed by atoms with Crippen LogP contribution in [0.25, 0.3) is 0 Å². The second-order valence-corrected chi connectivity index (χ2v) is 5.80. The number of fused-ring (bicyclic) bond motifs is 1. The third-order valence-corrected chi connectivity index (χ3v) is 3.45. The molecule has 1 aliphatic heterocycles. The van der Waals surface area contributed by atoms with Crippen LogP contribution in [0.1, 0.15) is 29.8 Å². The summed E-state index contributed by atoms with van der Waals surface area (Å²) in [7, 11) is 0. The van der Waals surface area contributed by atoms with Crippen LogP contribution in [0.3, 0.4) is 0 Å². The molecule has 0 bridgehead atoms. The molecule has 0 unspecified atom stereocenters. The quantitative estimate of drug-likeness (QED) is 0.686. The third kappa shape index (κ3) is 4.50. The largest absolute Gasteiger partial charge is 0.462 e. The molecule has 2 aromatic carbocycles. The van der Waals surface area contributed by atoms with Gasteiger partial charge in [-0.3, -0.25) is 10.1 Å². The van der Waals surface area contributed by atoms with Crippen LogP contribution >= 0.6 is 0 Å². The number of nitrogens with zero attached hydrogens (tertiary/aromatic N) is 1. The first-order valence-electron chi connectivity index (χ1n) is 8.08. The molecule has 1 aliphatic rings. The van der Waals surface area contributed by atoms with E-state index in [0.29, 0.717) is 23.6 Å². The van der Waals surface area contributed by atoms with E-state index in [4.69, 9.17) is 14.2 Å². The highest BCUT2D eigenvalue weighted by molar-refractivity contribution is 6.04. The highest BCUT2D eigenvalue weighted by Gasteiger charge is 2.17. The second-order valence-electron chi connectivity index (χ2n) is 5.80. The highest BCUT2D eigenvalue weighted by Crippen LogP contribution is 2.32. The molecule has 1 N–H and O–H groups in total. The van der Waals surface area contributed by atoms with Crippen molar-refractivity contribution in [3.05, 3.63) is 59.7 Å². The number of benzene rings is 2. The fourth-order valence-corrected chi connectivity index (χ4v) is 2.28. The Morgan fingerprint density at radius 3 is 2.68 bits per heavy atom. The number of ether oxygens (including phenoxy) is 3. The Balaban J connectivity index is 1.72. The van der Waals surface area contributed by atoms with Crippen molar-refractivity contribution >= 4 is 11.9 Å². The van der Waals surface area contributed by atoms with Gasteiger partial charge in [0.1, 0.15) is 0 Å². The predicted octanol–water partition coefficient (Wildman–Crippen LogP) is 3.13. The monoisotopic (exact) mass is 340 g/mol. The van der Waals surface area contributed by atoms with Crippen LogP contribution < -0.4 is 14.8 Å². The Morgan fingerprint density at radius 2 is 1.92 bits per heavy atom. The summed E-state index contributed by atoms with van der Waals surface area (Å²) in [5, 5.41) is 2.72. The minimum absolute atomic E-state index is 0.105. The minimum Gasteiger partial charge on any atom is -0.462 e. The Hall–Kier alpha value is -3.02. The summed E-state index contributed by atoms with van der Waals surface area (Å²) < 4.78 is 16.2. The van der Waals surface area contributed by atoms with Crippen molar-refractivity contribution in [3.8, 4) is 11.5 Å². The molecule has 0 saturated carbocycles. The zero-order chi connectivity index (χ0) is 17.6. The number of hydrogen-bond acceptors (Lipinski definition) is 5. The van der Waals surface area contributed by atoms with E-state index in [1.807, 2.05) is 44.2 Å². The van der Waals surface area contributed by atoms with Crippen LogP contribution in [0, 0.1) is 0 Å². The molecule has 130 valence electrons. The molecule has 0 fully saturated rings. The van der Waals surface area contributed by atoms with E-state index in [-0.39, 0.29) is 24.8 Å². The summed E-state index contributed by atoms with van der Waals surface area (Å²) >= 11 is 0. The molecule has 1 amide bonds. The van der Waals surface area contributed by atoms with E-state index in [1.54, 1.807) is 18.2 Å². The lowest BCUT2D eigenvalue weighted by molar-refractivity contribution is 0.0959. The maximum absolute atomic E-state index is 12.5. The Kier molecular flexibility index (Phi) is 5.18. The number of carbonyl (C=O) groups is 1. The molecule has 0 saturated heterocycles. The van der Waals surface area contributed by atoms with Gasteiger partial charge in [-0.05, 0) is 37.6 Å². The predicted molar refractivity (Wildman–Crippen MR) is 93.8 cm³/mol. The fraction of sp³-hybridized carbons (Fsp3) is 0.263. The molecule has 2 aromatic rings. The van der Waals surface area contributed by atoms with E-state index >= 15 is 0 Å². The topological polar surface area (TPSA) is 69.2 Å². The number of hydrogen-bond donors (Lipinski definition) is 1. The highest BCUT2D eigenvalue weighted by atomic mass is 16.7. The van der Waals surface area contributed by atoms with Gasteiger partial charge >= 0.3 is 0 Å². The molecule has 6 heteroatoms. The second kappa shape index (κ2) is 7.70. The number of nitrogens with one attached hydrogen (secondary N) is 1. The van der Waals surface area contributed by atoms with Gasteiger partial charge in [-0.1, -0.05) is 30.3 Å². The Morgan fingerprint density at radius 1 is 1.16 bits per heavy atom. The molecule has 6 nitrogen and oxygen atoms in total. The summed E-state index contributed by atoms with van der Waals surface area (Å²) in [5.74, 6) is 0.874. The van der Waals surface area contributed by atoms with Crippen molar-refractivity contribution in [1.29, 1.82) is 0 Å². The molecular formula is C19H20N2O4. The van der Waals surface area contributed by atoms with Crippen molar-refractivity contribution in [2.24, 2.45) is 4.99 Å². The van der Waals surface area contributed by atoms with Crippen molar-refractivity contribution in [1.82, 2.24) is 5.32 Å². The lowest BCUT2D eigenvalue weighted by Gasteiger charge is -2.13. The average Bonchev–Trinajstić information content (AvgIpc) is 3.07. The van der Waals surface area contributed by atoms with E-state index in [9.17, 15) is 4.79 Å². The zero-order valence-corrected chi connectivity index (χ0v) is 14.2. The summed E-state index contributed by atoms with van der Waals surface area (Å²) in [6, 6.07) is 15.0. The number of carbonyl (C=O) groups excluding carboxylic acids is 1. The van der Waals surface area contributed by atoms with Gasteiger partial charge in [0, 0.05) is 5.56 Å². The number of amides is 1. The van der Waals surface area contributed by atoms with Gasteiger partial charge in [0.2, 0.25) is 6.79 Å². The fourth-order valence-electron chi connectivity index (χ4n) is 2.28. The molecule has 0 aromatic heterocycles. The molecule has 3 rings (SSSR count). The van der Waals surface area contributed by atoms with Gasteiger partial charge in [-0.2, -0.15) is 0 Å². The molecule has 0 atom stereocenters. The van der Waals surface area contributed by atoms with E-state index in [2.05, 4.69) is 10.3 Å². The van der Waals surface area contributed by atoms with Gasteiger partial charge in [0.25, 0.3) is 11.9 Å². The number of rotatable bonds is 4. The SMILES string of the molecule is CC(C)OC(=NCc1ccccc1)NC(=O)c1ccc2c(c1)OCO2. The normalized spacial score (nSPS) is 13.0. The first kappa shape index (κ1) is 16.8. The lowest BCUT2D eigenvalue weighted by atomic mass is 10.2.